The van der Waals surface area contributed by atoms with Crippen LogP contribution in [0, 0.1) is 11.8 Å². The third-order valence-electron chi connectivity index (χ3n) is 5.73. The van der Waals surface area contributed by atoms with Crippen molar-refractivity contribution in [3.8, 4) is 0 Å². The highest BCUT2D eigenvalue weighted by Crippen LogP contribution is 2.32. The second-order valence-electron chi connectivity index (χ2n) is 6.74. The summed E-state index contributed by atoms with van der Waals surface area (Å²) in [4.78, 5) is 5.35. The number of hydrogen-bond donors (Lipinski definition) is 1. The van der Waals surface area contributed by atoms with Gasteiger partial charge < -0.3 is 10.2 Å². The Morgan fingerprint density at radius 1 is 1.22 bits per heavy atom. The van der Waals surface area contributed by atoms with E-state index < -0.39 is 0 Å². The molecule has 0 aliphatic carbocycles. The fourth-order valence-corrected chi connectivity index (χ4v) is 4.37. The molecule has 3 fully saturated rings. The van der Waals surface area contributed by atoms with Gasteiger partial charge in [-0.05, 0) is 71.2 Å². The lowest BCUT2D eigenvalue weighted by Crippen LogP contribution is -2.40. The maximum atomic E-state index is 3.55. The summed E-state index contributed by atoms with van der Waals surface area (Å²) in [6.45, 7) is 8.94. The first kappa shape index (κ1) is 12.9. The van der Waals surface area contributed by atoms with Crippen LogP contribution in [0.4, 0.5) is 0 Å². The maximum Gasteiger partial charge on any atom is 0.0111 e. The second kappa shape index (κ2) is 5.48. The summed E-state index contributed by atoms with van der Waals surface area (Å²) in [5.74, 6) is 1.86. The number of nitrogens with zero attached hydrogens (tertiary/aromatic N) is 2. The number of piperidine rings is 1. The minimum absolute atomic E-state index is 0.805. The van der Waals surface area contributed by atoms with Gasteiger partial charge in [0, 0.05) is 18.6 Å². The SMILES string of the molecule is CC1C2CNCC2CN1CCC1CCCCN1C. The Hall–Kier alpha value is -0.120. The predicted molar refractivity (Wildman–Crippen MR) is 75.8 cm³/mol. The van der Waals surface area contributed by atoms with E-state index in [0.717, 1.165) is 23.9 Å². The second-order valence-corrected chi connectivity index (χ2v) is 6.74. The molecule has 18 heavy (non-hydrogen) atoms. The van der Waals surface area contributed by atoms with Gasteiger partial charge in [0.05, 0.1) is 0 Å². The summed E-state index contributed by atoms with van der Waals surface area (Å²) >= 11 is 0. The highest BCUT2D eigenvalue weighted by Gasteiger charge is 2.41. The molecule has 104 valence electrons. The van der Waals surface area contributed by atoms with Gasteiger partial charge in [0.1, 0.15) is 0 Å². The zero-order chi connectivity index (χ0) is 12.5. The smallest absolute Gasteiger partial charge is 0.0111 e. The first-order valence-corrected chi connectivity index (χ1v) is 7.90. The molecular weight excluding hydrogens is 222 g/mol. The molecule has 3 saturated heterocycles. The van der Waals surface area contributed by atoms with E-state index in [9.17, 15) is 0 Å². The van der Waals surface area contributed by atoms with Crippen molar-refractivity contribution in [3.05, 3.63) is 0 Å². The molecule has 1 N–H and O–H groups in total. The Balaban J connectivity index is 1.48. The minimum Gasteiger partial charge on any atom is -0.316 e. The Labute approximate surface area is 112 Å². The summed E-state index contributed by atoms with van der Waals surface area (Å²) in [5.41, 5.74) is 0. The Morgan fingerprint density at radius 2 is 2.11 bits per heavy atom. The molecule has 4 atom stereocenters. The van der Waals surface area contributed by atoms with E-state index in [1.165, 1.54) is 58.4 Å². The topological polar surface area (TPSA) is 18.5 Å². The minimum atomic E-state index is 0.805. The molecule has 3 nitrogen and oxygen atoms in total. The maximum absolute atomic E-state index is 3.55. The van der Waals surface area contributed by atoms with Crippen molar-refractivity contribution < 1.29 is 0 Å². The third-order valence-corrected chi connectivity index (χ3v) is 5.73. The molecule has 0 radical (unpaired) electrons. The molecule has 0 aromatic carbocycles. The number of nitrogens with one attached hydrogen (secondary N) is 1. The van der Waals surface area contributed by atoms with E-state index in [2.05, 4.69) is 29.1 Å². The molecule has 3 aliphatic heterocycles. The zero-order valence-electron chi connectivity index (χ0n) is 12.1. The van der Waals surface area contributed by atoms with Crippen LogP contribution in [0.1, 0.15) is 32.6 Å². The van der Waals surface area contributed by atoms with Crippen LogP contribution in [0.25, 0.3) is 0 Å². The Morgan fingerprint density at radius 3 is 2.89 bits per heavy atom. The van der Waals surface area contributed by atoms with Crippen LogP contribution < -0.4 is 5.32 Å². The number of hydrogen-bond acceptors (Lipinski definition) is 3. The van der Waals surface area contributed by atoms with Crippen LogP contribution in [0.5, 0.6) is 0 Å². The molecule has 0 aromatic rings. The van der Waals surface area contributed by atoms with Crippen molar-refractivity contribution in [1.29, 1.82) is 0 Å². The average Bonchev–Trinajstić information content (AvgIpc) is 2.93. The van der Waals surface area contributed by atoms with E-state index in [4.69, 9.17) is 0 Å². The van der Waals surface area contributed by atoms with E-state index in [1.807, 2.05) is 0 Å². The Bertz CT molecular complexity index is 281. The molecule has 0 bridgehead atoms. The molecule has 0 spiro atoms. The van der Waals surface area contributed by atoms with Gasteiger partial charge in [-0.15, -0.1) is 0 Å². The standard InChI is InChI=1S/C15H29N3/c1-12-15-10-16-9-13(15)11-18(12)8-6-14-5-3-4-7-17(14)2/h12-16H,3-11H2,1-2H3. The van der Waals surface area contributed by atoms with Crippen LogP contribution in [0.3, 0.4) is 0 Å². The normalized spacial score (nSPS) is 42.3. The van der Waals surface area contributed by atoms with E-state index in [-0.39, 0.29) is 0 Å². The lowest BCUT2D eigenvalue weighted by Gasteiger charge is -2.34. The molecule has 4 unspecified atom stereocenters. The van der Waals surface area contributed by atoms with Gasteiger partial charge in [0.25, 0.3) is 0 Å². The van der Waals surface area contributed by atoms with E-state index >= 15 is 0 Å². The number of likely N-dealkylation sites (tertiary alicyclic amines) is 2. The van der Waals surface area contributed by atoms with Crippen LogP contribution in [0.2, 0.25) is 0 Å². The van der Waals surface area contributed by atoms with E-state index in [0.29, 0.717) is 0 Å². The van der Waals surface area contributed by atoms with Crippen LogP contribution in [-0.2, 0) is 0 Å². The van der Waals surface area contributed by atoms with Gasteiger partial charge in [-0.3, -0.25) is 4.90 Å². The van der Waals surface area contributed by atoms with Crippen LogP contribution in [0.15, 0.2) is 0 Å². The van der Waals surface area contributed by atoms with Gasteiger partial charge >= 0.3 is 0 Å². The average molecular weight is 251 g/mol. The van der Waals surface area contributed by atoms with Gasteiger partial charge in [-0.1, -0.05) is 6.42 Å². The molecular formula is C15H29N3. The number of rotatable bonds is 3. The first-order chi connectivity index (χ1) is 8.75. The van der Waals surface area contributed by atoms with Crippen molar-refractivity contribution in [2.75, 3.05) is 39.8 Å². The summed E-state index contributed by atoms with van der Waals surface area (Å²) in [6, 6.07) is 1.66. The highest BCUT2D eigenvalue weighted by atomic mass is 15.2. The van der Waals surface area contributed by atoms with Crippen molar-refractivity contribution in [2.45, 2.75) is 44.7 Å². The van der Waals surface area contributed by atoms with Crippen molar-refractivity contribution in [2.24, 2.45) is 11.8 Å². The Kier molecular flexibility index (Phi) is 3.92. The van der Waals surface area contributed by atoms with E-state index in [1.54, 1.807) is 0 Å². The molecule has 3 aliphatic rings. The fourth-order valence-electron chi connectivity index (χ4n) is 4.37. The van der Waals surface area contributed by atoms with Crippen molar-refractivity contribution in [1.82, 2.24) is 15.1 Å². The molecule has 3 rings (SSSR count). The summed E-state index contributed by atoms with van der Waals surface area (Å²) in [6.07, 6.45) is 5.66. The third kappa shape index (κ3) is 2.45. The van der Waals surface area contributed by atoms with Crippen LogP contribution in [-0.4, -0.2) is 61.7 Å². The van der Waals surface area contributed by atoms with Crippen molar-refractivity contribution >= 4 is 0 Å². The zero-order valence-corrected chi connectivity index (χ0v) is 12.1. The lowest BCUT2D eigenvalue weighted by atomic mass is 9.95. The van der Waals surface area contributed by atoms with Gasteiger partial charge in [-0.2, -0.15) is 0 Å². The summed E-state index contributed by atoms with van der Waals surface area (Å²) in [5, 5.41) is 3.55. The molecule has 3 heteroatoms. The quantitative estimate of drug-likeness (QED) is 0.818. The van der Waals surface area contributed by atoms with Gasteiger partial charge in [0.2, 0.25) is 0 Å². The molecule has 0 saturated carbocycles. The summed E-state index contributed by atoms with van der Waals surface area (Å²) < 4.78 is 0. The first-order valence-electron chi connectivity index (χ1n) is 7.90. The molecule has 3 heterocycles. The predicted octanol–water partition coefficient (Wildman–Crippen LogP) is 1.40. The number of fused-ring (bicyclic) bond motifs is 1. The largest absolute Gasteiger partial charge is 0.316 e. The van der Waals surface area contributed by atoms with Gasteiger partial charge in [-0.25, -0.2) is 0 Å². The molecule has 0 aromatic heterocycles. The fraction of sp³-hybridized carbons (Fsp3) is 1.00. The monoisotopic (exact) mass is 251 g/mol. The van der Waals surface area contributed by atoms with Crippen LogP contribution >= 0.6 is 0 Å². The molecule has 0 amide bonds. The highest BCUT2D eigenvalue weighted by molar-refractivity contribution is 4.96. The van der Waals surface area contributed by atoms with Gasteiger partial charge in [0.15, 0.2) is 0 Å². The lowest BCUT2D eigenvalue weighted by molar-refractivity contribution is 0.147. The summed E-state index contributed by atoms with van der Waals surface area (Å²) in [7, 11) is 2.32. The van der Waals surface area contributed by atoms with Crippen molar-refractivity contribution in [3.63, 3.8) is 0 Å².